The van der Waals surface area contributed by atoms with Gasteiger partial charge < -0.3 is 10.5 Å². The molecule has 0 aliphatic carbocycles. The lowest BCUT2D eigenvalue weighted by molar-refractivity contribution is 0.127. The predicted octanol–water partition coefficient (Wildman–Crippen LogP) is 1.72. The number of hydrogen-bond acceptors (Lipinski definition) is 5. The van der Waals surface area contributed by atoms with Gasteiger partial charge in [0.15, 0.2) is 0 Å². The summed E-state index contributed by atoms with van der Waals surface area (Å²) in [5, 5.41) is 10.3. The van der Waals surface area contributed by atoms with Gasteiger partial charge in [-0.3, -0.25) is 4.90 Å². The fraction of sp³-hybridized carbons (Fsp3) is 0.438. The van der Waals surface area contributed by atoms with Crippen molar-refractivity contribution in [2.24, 2.45) is 11.8 Å². The number of nitrogens with two attached hydrogens (primary N) is 1. The van der Waals surface area contributed by atoms with Crippen LogP contribution in [0.2, 0.25) is 0 Å². The van der Waals surface area contributed by atoms with Crippen molar-refractivity contribution in [2.45, 2.75) is 19.4 Å². The van der Waals surface area contributed by atoms with Crippen LogP contribution in [0.15, 0.2) is 30.3 Å². The third-order valence-corrected chi connectivity index (χ3v) is 4.30. The number of fused-ring (bicyclic) bond motifs is 1. The van der Waals surface area contributed by atoms with Gasteiger partial charge in [0.2, 0.25) is 0 Å². The second kappa shape index (κ2) is 6.39. The lowest BCUT2D eigenvalue weighted by Crippen LogP contribution is -2.34. The topological polar surface area (TPSA) is 74.4 Å². The van der Waals surface area contributed by atoms with Gasteiger partial charge in [0.25, 0.3) is 0 Å². The predicted molar refractivity (Wildman–Crippen MR) is 84.6 cm³/mol. The fourth-order valence-electron chi connectivity index (χ4n) is 2.97. The maximum atomic E-state index is 9.21. The number of hydrazine groups is 1. The van der Waals surface area contributed by atoms with Crippen LogP contribution < -0.4 is 11.3 Å². The molecule has 1 aliphatic heterocycles. The van der Waals surface area contributed by atoms with Gasteiger partial charge in [-0.15, -0.1) is 0 Å². The number of nitrogen functional groups attached to an aromatic ring is 1. The molecule has 112 valence electrons. The molecular weight excluding hydrogens is 264 g/mol. The van der Waals surface area contributed by atoms with E-state index in [2.05, 4.69) is 27.4 Å². The number of anilines is 1. The van der Waals surface area contributed by atoms with E-state index < -0.39 is 0 Å². The second-order valence-electron chi connectivity index (χ2n) is 5.74. The Morgan fingerprint density at radius 3 is 2.76 bits per heavy atom. The van der Waals surface area contributed by atoms with Gasteiger partial charge in [0.05, 0.1) is 5.52 Å². The summed E-state index contributed by atoms with van der Waals surface area (Å²) in [6.07, 6.45) is 2.12. The lowest BCUT2D eigenvalue weighted by atomic mass is 9.97. The molecule has 5 heteroatoms. The first kappa shape index (κ1) is 14.3. The van der Waals surface area contributed by atoms with Crippen LogP contribution in [0.25, 0.3) is 10.9 Å². The number of aromatic nitrogens is 1. The first-order chi connectivity index (χ1) is 10.3. The molecule has 1 aromatic heterocycles. The SMILES string of the molecule is NNc1nc2ccccc2cc1CN1CCC(CO)CC1. The third kappa shape index (κ3) is 3.15. The molecule has 3 rings (SSSR count). The highest BCUT2D eigenvalue weighted by molar-refractivity contribution is 5.81. The normalized spacial score (nSPS) is 17.2. The fourth-order valence-corrected chi connectivity index (χ4v) is 2.97. The van der Waals surface area contributed by atoms with Crippen molar-refractivity contribution in [2.75, 3.05) is 25.1 Å². The van der Waals surface area contributed by atoms with Crippen molar-refractivity contribution in [1.82, 2.24) is 9.88 Å². The Morgan fingerprint density at radius 2 is 2.05 bits per heavy atom. The number of nitrogens with zero attached hydrogens (tertiary/aromatic N) is 2. The molecule has 4 N–H and O–H groups in total. The molecule has 1 saturated heterocycles. The summed E-state index contributed by atoms with van der Waals surface area (Å²) in [5.41, 5.74) is 4.80. The molecule has 0 radical (unpaired) electrons. The van der Waals surface area contributed by atoms with Crippen LogP contribution in [0, 0.1) is 5.92 Å². The monoisotopic (exact) mass is 286 g/mol. The molecule has 1 fully saturated rings. The van der Waals surface area contributed by atoms with E-state index in [0.29, 0.717) is 12.5 Å². The lowest BCUT2D eigenvalue weighted by Gasteiger charge is -2.31. The minimum Gasteiger partial charge on any atom is -0.396 e. The van der Waals surface area contributed by atoms with E-state index in [9.17, 15) is 5.11 Å². The molecule has 0 amide bonds. The molecule has 21 heavy (non-hydrogen) atoms. The molecular formula is C16H22N4O. The van der Waals surface area contributed by atoms with Crippen molar-refractivity contribution in [3.05, 3.63) is 35.9 Å². The average molecular weight is 286 g/mol. The number of rotatable bonds is 4. The second-order valence-corrected chi connectivity index (χ2v) is 5.74. The summed E-state index contributed by atoms with van der Waals surface area (Å²) in [7, 11) is 0. The van der Waals surface area contributed by atoms with E-state index >= 15 is 0 Å². The average Bonchev–Trinajstić information content (AvgIpc) is 2.55. The largest absolute Gasteiger partial charge is 0.396 e. The van der Waals surface area contributed by atoms with Crippen LogP contribution in [-0.4, -0.2) is 34.7 Å². The Morgan fingerprint density at radius 1 is 1.29 bits per heavy atom. The van der Waals surface area contributed by atoms with Gasteiger partial charge in [0.1, 0.15) is 5.82 Å². The molecule has 0 saturated carbocycles. The highest BCUT2D eigenvalue weighted by Crippen LogP contribution is 2.24. The van der Waals surface area contributed by atoms with Gasteiger partial charge in [-0.05, 0) is 44.0 Å². The van der Waals surface area contributed by atoms with Crippen molar-refractivity contribution >= 4 is 16.7 Å². The molecule has 2 heterocycles. The van der Waals surface area contributed by atoms with Gasteiger partial charge in [-0.2, -0.15) is 0 Å². The Bertz CT molecular complexity index is 608. The van der Waals surface area contributed by atoms with Crippen LogP contribution in [-0.2, 0) is 6.54 Å². The Kier molecular flexibility index (Phi) is 4.34. The maximum absolute atomic E-state index is 9.21. The zero-order valence-corrected chi connectivity index (χ0v) is 12.1. The standard InChI is InChI=1S/C16H22N4O/c17-19-16-14(9-13-3-1-2-4-15(13)18-16)10-20-7-5-12(11-21)6-8-20/h1-4,9,12,21H,5-8,10-11,17H2,(H,18,19). The molecule has 1 aliphatic rings. The number of benzene rings is 1. The molecule has 0 unspecified atom stereocenters. The first-order valence-corrected chi connectivity index (χ1v) is 7.48. The minimum atomic E-state index is 0.307. The van der Waals surface area contributed by atoms with Crippen molar-refractivity contribution in [3.63, 3.8) is 0 Å². The van der Waals surface area contributed by atoms with Crippen LogP contribution in [0.5, 0.6) is 0 Å². The molecule has 5 nitrogen and oxygen atoms in total. The Labute approximate surface area is 124 Å². The van der Waals surface area contributed by atoms with Gasteiger partial charge in [-0.1, -0.05) is 18.2 Å². The number of aliphatic hydroxyl groups excluding tert-OH is 1. The maximum Gasteiger partial charge on any atom is 0.145 e. The highest BCUT2D eigenvalue weighted by atomic mass is 16.3. The quantitative estimate of drug-likeness (QED) is 0.589. The minimum absolute atomic E-state index is 0.307. The summed E-state index contributed by atoms with van der Waals surface area (Å²) in [5.74, 6) is 6.84. The number of pyridine rings is 1. The van der Waals surface area contributed by atoms with E-state index in [1.807, 2.05) is 18.2 Å². The molecule has 1 aromatic carbocycles. The number of likely N-dealkylation sites (tertiary alicyclic amines) is 1. The van der Waals surface area contributed by atoms with E-state index in [1.165, 1.54) is 0 Å². The summed E-state index contributed by atoms with van der Waals surface area (Å²) < 4.78 is 0. The van der Waals surface area contributed by atoms with Crippen LogP contribution >= 0.6 is 0 Å². The van der Waals surface area contributed by atoms with Gasteiger partial charge >= 0.3 is 0 Å². The molecule has 0 spiro atoms. The summed E-state index contributed by atoms with van der Waals surface area (Å²) in [6.45, 7) is 3.18. The number of nitrogens with one attached hydrogen (secondary N) is 1. The van der Waals surface area contributed by atoms with Crippen molar-refractivity contribution in [3.8, 4) is 0 Å². The van der Waals surface area contributed by atoms with Crippen LogP contribution in [0.1, 0.15) is 18.4 Å². The van der Waals surface area contributed by atoms with E-state index in [4.69, 9.17) is 5.84 Å². The summed E-state index contributed by atoms with van der Waals surface area (Å²) >= 11 is 0. The van der Waals surface area contributed by atoms with Crippen molar-refractivity contribution < 1.29 is 5.11 Å². The molecule has 0 bridgehead atoms. The van der Waals surface area contributed by atoms with Crippen LogP contribution in [0.4, 0.5) is 5.82 Å². The van der Waals surface area contributed by atoms with E-state index in [-0.39, 0.29) is 0 Å². The molecule has 0 atom stereocenters. The third-order valence-electron chi connectivity index (χ3n) is 4.30. The summed E-state index contributed by atoms with van der Waals surface area (Å²) in [4.78, 5) is 6.99. The number of para-hydroxylation sites is 1. The Hall–Kier alpha value is -1.69. The summed E-state index contributed by atoms with van der Waals surface area (Å²) in [6, 6.07) is 10.2. The van der Waals surface area contributed by atoms with Gasteiger partial charge in [0, 0.05) is 24.1 Å². The van der Waals surface area contributed by atoms with Crippen LogP contribution in [0.3, 0.4) is 0 Å². The zero-order valence-electron chi connectivity index (χ0n) is 12.1. The highest BCUT2D eigenvalue weighted by Gasteiger charge is 2.19. The number of piperidine rings is 1. The zero-order chi connectivity index (χ0) is 14.7. The van der Waals surface area contributed by atoms with E-state index in [1.54, 1.807) is 0 Å². The number of hydrogen-bond donors (Lipinski definition) is 3. The smallest absolute Gasteiger partial charge is 0.145 e. The first-order valence-electron chi connectivity index (χ1n) is 7.48. The van der Waals surface area contributed by atoms with Gasteiger partial charge in [-0.25, -0.2) is 10.8 Å². The van der Waals surface area contributed by atoms with E-state index in [0.717, 1.165) is 54.8 Å². The van der Waals surface area contributed by atoms with Crippen molar-refractivity contribution in [1.29, 1.82) is 0 Å². The Balaban J connectivity index is 1.79. The molecule has 2 aromatic rings. The number of aliphatic hydroxyl groups is 1.